The fraction of sp³-hybridized carbons (Fsp3) is 0.944. The normalized spacial score (nSPS) is 32.2. The molecular weight excluding hydrogens is 262 g/mol. The monoisotopic (exact) mass is 295 g/mol. The maximum atomic E-state index is 5.90. The number of nitrogens with zero attached hydrogens (tertiary/aromatic N) is 1. The predicted octanol–water partition coefficient (Wildman–Crippen LogP) is 5.29. The van der Waals surface area contributed by atoms with Crippen LogP contribution in [0.3, 0.4) is 0 Å². The van der Waals surface area contributed by atoms with Crippen molar-refractivity contribution in [1.82, 2.24) is 4.90 Å². The lowest BCUT2D eigenvalue weighted by Gasteiger charge is -2.48. The van der Waals surface area contributed by atoms with E-state index in [0.29, 0.717) is 12.0 Å². The largest absolute Gasteiger partial charge is 0.363 e. The first-order valence-electron chi connectivity index (χ1n) is 8.81. The number of piperidine rings is 1. The summed E-state index contributed by atoms with van der Waals surface area (Å²) in [5, 5.41) is 0. The van der Waals surface area contributed by atoms with Crippen molar-refractivity contribution < 1.29 is 0 Å². The number of thiocarbonyl (C=S) groups is 1. The van der Waals surface area contributed by atoms with Gasteiger partial charge in [0.2, 0.25) is 0 Å². The maximum Gasteiger partial charge on any atom is 0.0815 e. The van der Waals surface area contributed by atoms with E-state index in [0.717, 1.165) is 17.8 Å². The highest BCUT2D eigenvalue weighted by Gasteiger charge is 2.40. The van der Waals surface area contributed by atoms with Gasteiger partial charge in [-0.2, -0.15) is 0 Å². The summed E-state index contributed by atoms with van der Waals surface area (Å²) >= 11 is 5.90. The molecule has 1 aliphatic heterocycles. The van der Waals surface area contributed by atoms with Crippen LogP contribution in [0.4, 0.5) is 0 Å². The number of hydrogen-bond donors (Lipinski definition) is 0. The summed E-state index contributed by atoms with van der Waals surface area (Å²) < 4.78 is 0. The van der Waals surface area contributed by atoms with Crippen molar-refractivity contribution in [2.75, 3.05) is 6.54 Å². The molecule has 1 heterocycles. The highest BCUT2D eigenvalue weighted by molar-refractivity contribution is 7.80. The Morgan fingerprint density at radius 1 is 1.05 bits per heavy atom. The molecule has 0 N–H and O–H groups in total. The lowest BCUT2D eigenvalue weighted by Crippen LogP contribution is -2.52. The minimum Gasteiger partial charge on any atom is -0.363 e. The van der Waals surface area contributed by atoms with Gasteiger partial charge >= 0.3 is 0 Å². The summed E-state index contributed by atoms with van der Waals surface area (Å²) in [5.41, 5.74) is 0. The van der Waals surface area contributed by atoms with Gasteiger partial charge in [0.15, 0.2) is 0 Å². The molecule has 2 rings (SSSR count). The molecule has 2 heteroatoms. The van der Waals surface area contributed by atoms with Crippen LogP contribution in [0.5, 0.6) is 0 Å². The second kappa shape index (κ2) is 7.24. The van der Waals surface area contributed by atoms with E-state index in [1.807, 2.05) is 0 Å². The number of hydrogen-bond acceptors (Lipinski definition) is 1. The summed E-state index contributed by atoms with van der Waals surface area (Å²) in [6, 6.07) is 0.573. The first-order valence-corrected chi connectivity index (χ1v) is 9.22. The Bertz CT molecular complexity index is 323. The Kier molecular flexibility index (Phi) is 5.89. The number of fused-ring (bicyclic) bond motifs is 1. The zero-order chi connectivity index (χ0) is 14.7. The lowest BCUT2D eigenvalue weighted by atomic mass is 9.69. The Morgan fingerprint density at radius 3 is 2.30 bits per heavy atom. The van der Waals surface area contributed by atoms with Gasteiger partial charge in [-0.25, -0.2) is 0 Å². The first kappa shape index (κ1) is 16.3. The van der Waals surface area contributed by atoms with E-state index in [1.165, 1.54) is 56.5 Å². The molecule has 0 bridgehead atoms. The van der Waals surface area contributed by atoms with E-state index in [2.05, 4.69) is 32.6 Å². The summed E-state index contributed by atoms with van der Waals surface area (Å²) in [5.74, 6) is 3.25. The highest BCUT2D eigenvalue weighted by Crippen LogP contribution is 2.41. The van der Waals surface area contributed by atoms with E-state index in [1.54, 1.807) is 0 Å². The van der Waals surface area contributed by atoms with Crippen LogP contribution in [-0.4, -0.2) is 22.5 Å². The van der Waals surface area contributed by atoms with Crippen LogP contribution >= 0.6 is 12.2 Å². The molecule has 1 nitrogen and oxygen atoms in total. The molecule has 0 amide bonds. The van der Waals surface area contributed by atoms with E-state index in [9.17, 15) is 0 Å². The molecular formula is C18H33NS. The van der Waals surface area contributed by atoms with Crippen molar-refractivity contribution in [3.63, 3.8) is 0 Å². The van der Waals surface area contributed by atoms with Crippen LogP contribution in [0, 0.1) is 23.7 Å². The fourth-order valence-electron chi connectivity index (χ4n) is 4.40. The van der Waals surface area contributed by atoms with Crippen molar-refractivity contribution in [1.29, 1.82) is 0 Å². The maximum absolute atomic E-state index is 5.90. The van der Waals surface area contributed by atoms with E-state index < -0.39 is 0 Å². The molecule has 1 saturated heterocycles. The Labute approximate surface area is 131 Å². The smallest absolute Gasteiger partial charge is 0.0815 e. The number of rotatable bonds is 3. The lowest BCUT2D eigenvalue weighted by molar-refractivity contribution is 0.115. The highest BCUT2D eigenvalue weighted by atomic mass is 32.1. The zero-order valence-electron chi connectivity index (χ0n) is 13.9. The Morgan fingerprint density at radius 2 is 1.70 bits per heavy atom. The van der Waals surface area contributed by atoms with Crippen molar-refractivity contribution in [3.05, 3.63) is 0 Å². The van der Waals surface area contributed by atoms with Crippen molar-refractivity contribution in [2.45, 2.75) is 78.7 Å². The third-order valence-corrected chi connectivity index (χ3v) is 5.89. The molecule has 0 spiro atoms. The van der Waals surface area contributed by atoms with Gasteiger partial charge in [-0.3, -0.25) is 0 Å². The van der Waals surface area contributed by atoms with E-state index in [-0.39, 0.29) is 0 Å². The summed E-state index contributed by atoms with van der Waals surface area (Å²) in [4.78, 5) is 3.84. The molecule has 3 atom stereocenters. The van der Waals surface area contributed by atoms with Gasteiger partial charge < -0.3 is 4.90 Å². The zero-order valence-corrected chi connectivity index (χ0v) is 14.7. The van der Waals surface area contributed by atoms with Crippen molar-refractivity contribution in [3.8, 4) is 0 Å². The molecule has 1 saturated carbocycles. The van der Waals surface area contributed by atoms with Gasteiger partial charge in [0, 0.05) is 18.5 Å². The van der Waals surface area contributed by atoms with Crippen LogP contribution in [0.2, 0.25) is 0 Å². The molecule has 1 aliphatic carbocycles. The number of likely N-dealkylation sites (tertiary alicyclic amines) is 1. The Hall–Kier alpha value is -0.110. The fourth-order valence-corrected chi connectivity index (χ4v) is 4.97. The molecule has 0 aromatic carbocycles. The van der Waals surface area contributed by atoms with Crippen LogP contribution < -0.4 is 0 Å². The third kappa shape index (κ3) is 3.75. The average molecular weight is 296 g/mol. The molecule has 0 aromatic heterocycles. The molecule has 2 aliphatic rings. The molecule has 2 fully saturated rings. The summed E-state index contributed by atoms with van der Waals surface area (Å²) in [6.45, 7) is 10.6. The van der Waals surface area contributed by atoms with Crippen molar-refractivity contribution in [2.24, 2.45) is 23.7 Å². The SMILES string of the molecule is CC(C)CC1CN(C(C)C)C(=S)C2CCCCCCC12. The molecule has 0 radical (unpaired) electrons. The van der Waals surface area contributed by atoms with Gasteiger partial charge in [-0.05, 0) is 50.9 Å². The first-order chi connectivity index (χ1) is 9.50. The van der Waals surface area contributed by atoms with Gasteiger partial charge in [0.05, 0.1) is 4.99 Å². The second-order valence-corrected chi connectivity index (χ2v) is 8.15. The van der Waals surface area contributed by atoms with Gasteiger partial charge in [0.1, 0.15) is 0 Å². The topological polar surface area (TPSA) is 3.24 Å². The average Bonchev–Trinajstić information content (AvgIpc) is 2.31. The van der Waals surface area contributed by atoms with Gasteiger partial charge in [-0.1, -0.05) is 51.7 Å². The quantitative estimate of drug-likeness (QED) is 0.651. The summed E-state index contributed by atoms with van der Waals surface area (Å²) in [7, 11) is 0. The minimum absolute atomic E-state index is 0.573. The van der Waals surface area contributed by atoms with E-state index in [4.69, 9.17) is 12.2 Å². The standard InChI is InChI=1S/C18H33NS/c1-13(2)11-15-12-19(14(3)4)18(20)17-10-8-6-5-7-9-16(15)17/h13-17H,5-12H2,1-4H3. The molecule has 20 heavy (non-hydrogen) atoms. The molecule has 116 valence electrons. The van der Waals surface area contributed by atoms with Crippen LogP contribution in [0.15, 0.2) is 0 Å². The van der Waals surface area contributed by atoms with E-state index >= 15 is 0 Å². The third-order valence-electron chi connectivity index (χ3n) is 5.35. The van der Waals surface area contributed by atoms with Gasteiger partial charge in [0.25, 0.3) is 0 Å². The minimum atomic E-state index is 0.573. The second-order valence-electron chi connectivity index (χ2n) is 7.74. The Balaban J connectivity index is 2.18. The predicted molar refractivity (Wildman–Crippen MR) is 92.1 cm³/mol. The van der Waals surface area contributed by atoms with Crippen LogP contribution in [-0.2, 0) is 0 Å². The molecule has 0 aromatic rings. The summed E-state index contributed by atoms with van der Waals surface area (Å²) in [6.07, 6.45) is 9.84. The van der Waals surface area contributed by atoms with Crippen LogP contribution in [0.1, 0.15) is 72.6 Å². The molecule has 3 unspecified atom stereocenters. The van der Waals surface area contributed by atoms with Crippen LogP contribution in [0.25, 0.3) is 0 Å². The van der Waals surface area contributed by atoms with Crippen molar-refractivity contribution >= 4 is 17.2 Å². The van der Waals surface area contributed by atoms with Gasteiger partial charge in [-0.15, -0.1) is 0 Å².